The molecule has 2 heterocycles. The molecule has 2 aliphatic heterocycles. The highest BCUT2D eigenvalue weighted by molar-refractivity contribution is 5.44. The third-order valence-electron chi connectivity index (χ3n) is 6.15. The number of fused-ring (bicyclic) bond motifs is 1. The minimum atomic E-state index is -0.510. The Morgan fingerprint density at radius 1 is 0.969 bits per heavy atom. The molecule has 6 nitrogen and oxygen atoms in total. The summed E-state index contributed by atoms with van der Waals surface area (Å²) in [4.78, 5) is 4.77. The third-order valence-corrected chi connectivity index (χ3v) is 6.15. The maximum absolute atomic E-state index is 10.6. The molecule has 1 fully saturated rings. The van der Waals surface area contributed by atoms with Gasteiger partial charge in [-0.2, -0.15) is 0 Å². The first-order valence-electron chi connectivity index (χ1n) is 11.5. The van der Waals surface area contributed by atoms with Crippen molar-refractivity contribution >= 4 is 0 Å². The van der Waals surface area contributed by atoms with E-state index in [9.17, 15) is 5.11 Å². The average Bonchev–Trinajstić information content (AvgIpc) is 3.21. The Bertz CT molecular complexity index is 917. The van der Waals surface area contributed by atoms with Crippen LogP contribution in [-0.4, -0.2) is 67.1 Å². The molecule has 0 amide bonds. The van der Waals surface area contributed by atoms with Crippen molar-refractivity contribution in [3.8, 4) is 17.2 Å². The quantitative estimate of drug-likeness (QED) is 0.710. The van der Waals surface area contributed by atoms with Gasteiger partial charge in [-0.3, -0.25) is 9.80 Å². The number of nitrogens with zero attached hydrogens (tertiary/aromatic N) is 2. The van der Waals surface area contributed by atoms with Crippen LogP contribution in [0.15, 0.2) is 36.4 Å². The lowest BCUT2D eigenvalue weighted by Gasteiger charge is -2.35. The van der Waals surface area contributed by atoms with Gasteiger partial charge in [0.1, 0.15) is 18.5 Å². The summed E-state index contributed by atoms with van der Waals surface area (Å²) < 4.78 is 16.9. The summed E-state index contributed by atoms with van der Waals surface area (Å²) in [7, 11) is 0. The van der Waals surface area contributed by atoms with Crippen LogP contribution in [0.4, 0.5) is 0 Å². The Labute approximate surface area is 191 Å². The van der Waals surface area contributed by atoms with E-state index in [1.807, 2.05) is 12.1 Å². The van der Waals surface area contributed by atoms with Gasteiger partial charge in [-0.25, -0.2) is 0 Å². The van der Waals surface area contributed by atoms with Gasteiger partial charge < -0.3 is 19.3 Å². The van der Waals surface area contributed by atoms with Gasteiger partial charge in [0.15, 0.2) is 11.5 Å². The van der Waals surface area contributed by atoms with E-state index in [0.717, 1.165) is 50.0 Å². The molecule has 2 aromatic rings. The monoisotopic (exact) mass is 440 g/mol. The van der Waals surface area contributed by atoms with E-state index in [0.29, 0.717) is 19.9 Å². The van der Waals surface area contributed by atoms with Crippen LogP contribution in [0.5, 0.6) is 17.2 Å². The van der Waals surface area contributed by atoms with Gasteiger partial charge in [0, 0.05) is 39.3 Å². The first-order valence-corrected chi connectivity index (χ1v) is 11.5. The van der Waals surface area contributed by atoms with Gasteiger partial charge in [0.2, 0.25) is 6.79 Å². The largest absolute Gasteiger partial charge is 0.491 e. The number of hydrogen-bond donors (Lipinski definition) is 1. The second-order valence-electron chi connectivity index (χ2n) is 9.98. The second-order valence-corrected chi connectivity index (χ2v) is 9.98. The van der Waals surface area contributed by atoms with Gasteiger partial charge in [-0.1, -0.05) is 44.5 Å². The van der Waals surface area contributed by atoms with Crippen LogP contribution in [0.2, 0.25) is 0 Å². The molecule has 0 aromatic heterocycles. The fourth-order valence-electron chi connectivity index (χ4n) is 4.32. The Hall–Kier alpha value is -2.28. The van der Waals surface area contributed by atoms with Crippen molar-refractivity contribution in [2.45, 2.75) is 45.8 Å². The summed E-state index contributed by atoms with van der Waals surface area (Å²) in [6.45, 7) is 14.7. The van der Waals surface area contributed by atoms with E-state index in [-0.39, 0.29) is 5.41 Å². The van der Waals surface area contributed by atoms with E-state index in [4.69, 9.17) is 14.2 Å². The zero-order chi connectivity index (χ0) is 22.7. The summed E-state index contributed by atoms with van der Waals surface area (Å²) in [5.41, 5.74) is 3.65. The fourth-order valence-corrected chi connectivity index (χ4v) is 4.32. The molecule has 1 atom stereocenters. The van der Waals surface area contributed by atoms with E-state index in [2.05, 4.69) is 61.8 Å². The van der Waals surface area contributed by atoms with E-state index >= 15 is 0 Å². The predicted molar refractivity (Wildman–Crippen MR) is 126 cm³/mol. The molecule has 174 valence electrons. The lowest BCUT2D eigenvalue weighted by Crippen LogP contribution is -2.48. The average molecular weight is 441 g/mol. The minimum Gasteiger partial charge on any atom is -0.491 e. The second kappa shape index (κ2) is 9.69. The third kappa shape index (κ3) is 5.74. The molecule has 0 radical (unpaired) electrons. The van der Waals surface area contributed by atoms with Crippen molar-refractivity contribution in [1.82, 2.24) is 9.80 Å². The normalized spacial score (nSPS) is 18.0. The topological polar surface area (TPSA) is 54.4 Å². The molecule has 0 saturated carbocycles. The summed E-state index contributed by atoms with van der Waals surface area (Å²) in [6.07, 6.45) is -0.510. The van der Waals surface area contributed by atoms with Crippen LogP contribution >= 0.6 is 0 Å². The molecule has 1 N–H and O–H groups in total. The zero-order valence-corrected chi connectivity index (χ0v) is 19.8. The fraction of sp³-hybridized carbons (Fsp3) is 0.538. The molecule has 0 spiro atoms. The lowest BCUT2D eigenvalue weighted by atomic mass is 9.85. The molecule has 0 aliphatic carbocycles. The molecule has 0 bridgehead atoms. The number of aryl methyl sites for hydroxylation is 1. The summed E-state index contributed by atoms with van der Waals surface area (Å²) >= 11 is 0. The smallest absolute Gasteiger partial charge is 0.231 e. The van der Waals surface area contributed by atoms with Crippen molar-refractivity contribution in [3.63, 3.8) is 0 Å². The van der Waals surface area contributed by atoms with Crippen molar-refractivity contribution in [2.24, 2.45) is 0 Å². The van der Waals surface area contributed by atoms with Crippen LogP contribution in [-0.2, 0) is 12.0 Å². The molecule has 0 unspecified atom stereocenters. The van der Waals surface area contributed by atoms with Gasteiger partial charge in [0.05, 0.1) is 0 Å². The molecular weight excluding hydrogens is 404 g/mol. The Morgan fingerprint density at radius 3 is 2.44 bits per heavy atom. The number of aliphatic hydroxyl groups is 1. The standard InChI is InChI=1S/C26H36N2O4/c1-19-5-7-23(22(13-19)26(2,3)4)30-17-21(29)16-28-11-9-27(10-12-28)15-20-6-8-24-25(14-20)32-18-31-24/h5-8,13-14,21,29H,9-12,15-18H2,1-4H3/t21-/m0/s1. The Kier molecular flexibility index (Phi) is 6.93. The molecule has 32 heavy (non-hydrogen) atoms. The lowest BCUT2D eigenvalue weighted by molar-refractivity contribution is 0.0442. The minimum absolute atomic E-state index is 0.000609. The van der Waals surface area contributed by atoms with Gasteiger partial charge in [-0.15, -0.1) is 0 Å². The van der Waals surface area contributed by atoms with Crippen LogP contribution in [0.1, 0.15) is 37.5 Å². The number of aliphatic hydroxyl groups excluding tert-OH is 1. The highest BCUT2D eigenvalue weighted by Gasteiger charge is 2.23. The summed E-state index contributed by atoms with van der Waals surface area (Å²) in [6, 6.07) is 12.4. The SMILES string of the molecule is Cc1ccc(OC[C@@H](O)CN2CCN(Cc3ccc4c(c3)OCO4)CC2)c(C(C)(C)C)c1. The van der Waals surface area contributed by atoms with E-state index in [1.165, 1.54) is 16.7 Å². The van der Waals surface area contributed by atoms with Crippen LogP contribution in [0.25, 0.3) is 0 Å². The number of piperazine rings is 1. The van der Waals surface area contributed by atoms with Gasteiger partial charge in [0.25, 0.3) is 0 Å². The number of hydrogen-bond acceptors (Lipinski definition) is 6. The van der Waals surface area contributed by atoms with E-state index < -0.39 is 6.10 Å². The summed E-state index contributed by atoms with van der Waals surface area (Å²) in [5.74, 6) is 2.54. The molecule has 2 aliphatic rings. The van der Waals surface area contributed by atoms with Crippen molar-refractivity contribution < 1.29 is 19.3 Å². The van der Waals surface area contributed by atoms with Crippen LogP contribution in [0, 0.1) is 6.92 Å². The highest BCUT2D eigenvalue weighted by Crippen LogP contribution is 2.33. The van der Waals surface area contributed by atoms with Crippen molar-refractivity contribution in [1.29, 1.82) is 0 Å². The Morgan fingerprint density at radius 2 is 1.69 bits per heavy atom. The molecule has 4 rings (SSSR count). The van der Waals surface area contributed by atoms with Crippen molar-refractivity contribution in [2.75, 3.05) is 46.1 Å². The molecule has 1 saturated heterocycles. The number of benzene rings is 2. The summed E-state index contributed by atoms with van der Waals surface area (Å²) in [5, 5.41) is 10.6. The zero-order valence-electron chi connectivity index (χ0n) is 19.8. The molecular formula is C26H36N2O4. The van der Waals surface area contributed by atoms with Gasteiger partial charge in [-0.05, 0) is 41.7 Å². The van der Waals surface area contributed by atoms with Crippen LogP contribution in [0.3, 0.4) is 0 Å². The number of rotatable bonds is 7. The number of ether oxygens (including phenoxy) is 3. The van der Waals surface area contributed by atoms with E-state index in [1.54, 1.807) is 0 Å². The maximum Gasteiger partial charge on any atom is 0.231 e. The first-order chi connectivity index (χ1) is 15.3. The maximum atomic E-state index is 10.6. The van der Waals surface area contributed by atoms with Gasteiger partial charge >= 0.3 is 0 Å². The molecule has 6 heteroatoms. The Balaban J connectivity index is 1.22. The van der Waals surface area contributed by atoms with Crippen LogP contribution < -0.4 is 14.2 Å². The van der Waals surface area contributed by atoms with Crippen molar-refractivity contribution in [3.05, 3.63) is 53.1 Å². The first kappa shape index (κ1) is 22.9. The predicted octanol–water partition coefficient (Wildman–Crippen LogP) is 3.58. The highest BCUT2D eigenvalue weighted by atomic mass is 16.7. The number of β-amino-alcohol motifs (C(OH)–C–C–N with tert-alkyl or cyclic N) is 1. The molecule has 2 aromatic carbocycles.